The number of ether oxygens (including phenoxy) is 1. The molecule has 1 aliphatic rings. The number of fused-ring (bicyclic) bond motifs is 1. The highest BCUT2D eigenvalue weighted by atomic mass is 79.9. The standard InChI is InChI=1S/C22H19BrN2O4S/c23-17-10-12-18(13-11-17)30(27,28)25-15-21(29-20-9-5-4-8-19(20)25)22(26)24-14-16-6-2-1-3-7-16/h1-13,21H,14-15H2,(H,24,26). The summed E-state index contributed by atoms with van der Waals surface area (Å²) < 4.78 is 34.5. The fraction of sp³-hybridized carbons (Fsp3) is 0.136. The second-order valence-corrected chi connectivity index (χ2v) is 9.55. The van der Waals surface area contributed by atoms with E-state index in [1.165, 1.54) is 16.4 Å². The molecule has 6 nitrogen and oxygen atoms in total. The minimum atomic E-state index is -3.87. The van der Waals surface area contributed by atoms with Crippen LogP contribution in [0.5, 0.6) is 5.75 Å². The quantitative estimate of drug-likeness (QED) is 0.596. The lowest BCUT2D eigenvalue weighted by molar-refractivity contribution is -0.127. The predicted molar refractivity (Wildman–Crippen MR) is 118 cm³/mol. The first-order valence-electron chi connectivity index (χ1n) is 9.31. The molecule has 0 saturated heterocycles. The van der Waals surface area contributed by atoms with Crippen LogP contribution in [0.3, 0.4) is 0 Å². The lowest BCUT2D eigenvalue weighted by Crippen LogP contribution is -2.50. The van der Waals surface area contributed by atoms with Gasteiger partial charge in [-0.15, -0.1) is 0 Å². The molecular weight excluding hydrogens is 468 g/mol. The van der Waals surface area contributed by atoms with Crippen LogP contribution in [0.4, 0.5) is 5.69 Å². The minimum Gasteiger partial charge on any atom is -0.476 e. The summed E-state index contributed by atoms with van der Waals surface area (Å²) in [6, 6.07) is 22.7. The van der Waals surface area contributed by atoms with E-state index < -0.39 is 16.1 Å². The highest BCUT2D eigenvalue weighted by Gasteiger charge is 2.37. The van der Waals surface area contributed by atoms with Crippen molar-refractivity contribution in [2.24, 2.45) is 0 Å². The van der Waals surface area contributed by atoms with Crippen molar-refractivity contribution in [3.8, 4) is 5.75 Å². The van der Waals surface area contributed by atoms with Crippen molar-refractivity contribution in [1.29, 1.82) is 0 Å². The molecule has 1 amide bonds. The molecule has 1 N–H and O–H groups in total. The predicted octanol–water partition coefficient (Wildman–Crippen LogP) is 3.72. The van der Waals surface area contributed by atoms with Gasteiger partial charge in [-0.1, -0.05) is 58.4 Å². The fourth-order valence-corrected chi connectivity index (χ4v) is 4.94. The molecule has 0 fully saturated rings. The Kier molecular flexibility index (Phi) is 5.78. The Bertz CT molecular complexity index is 1150. The van der Waals surface area contributed by atoms with Crippen molar-refractivity contribution in [3.05, 3.63) is 88.9 Å². The molecule has 30 heavy (non-hydrogen) atoms. The molecule has 4 rings (SSSR count). The van der Waals surface area contributed by atoms with Crippen LogP contribution in [-0.2, 0) is 21.4 Å². The van der Waals surface area contributed by atoms with Crippen molar-refractivity contribution < 1.29 is 17.9 Å². The Balaban J connectivity index is 1.60. The molecule has 0 spiro atoms. The SMILES string of the molecule is O=C(NCc1ccccc1)C1CN(S(=O)(=O)c2ccc(Br)cc2)c2ccccc2O1. The van der Waals surface area contributed by atoms with E-state index >= 15 is 0 Å². The Labute approximate surface area is 183 Å². The number of anilines is 1. The van der Waals surface area contributed by atoms with Crippen molar-refractivity contribution in [2.75, 3.05) is 10.8 Å². The molecule has 0 radical (unpaired) electrons. The van der Waals surface area contributed by atoms with Gasteiger partial charge in [0, 0.05) is 11.0 Å². The lowest BCUT2D eigenvalue weighted by atomic mass is 10.2. The number of amides is 1. The molecule has 3 aromatic rings. The molecule has 0 bridgehead atoms. The molecule has 154 valence electrons. The van der Waals surface area contributed by atoms with E-state index in [1.54, 1.807) is 36.4 Å². The molecule has 1 heterocycles. The Hall–Kier alpha value is -2.84. The zero-order valence-corrected chi connectivity index (χ0v) is 18.3. The zero-order chi connectivity index (χ0) is 21.1. The van der Waals surface area contributed by atoms with Gasteiger partial charge in [0.25, 0.3) is 15.9 Å². The average molecular weight is 487 g/mol. The molecule has 1 unspecified atom stereocenters. The summed E-state index contributed by atoms with van der Waals surface area (Å²) in [6.45, 7) is 0.219. The van der Waals surface area contributed by atoms with E-state index in [9.17, 15) is 13.2 Å². The zero-order valence-electron chi connectivity index (χ0n) is 15.9. The first-order valence-corrected chi connectivity index (χ1v) is 11.5. The molecule has 1 aliphatic heterocycles. The third-order valence-corrected chi connectivity index (χ3v) is 7.06. The van der Waals surface area contributed by atoms with Gasteiger partial charge >= 0.3 is 0 Å². The summed E-state index contributed by atoms with van der Waals surface area (Å²) in [5.41, 5.74) is 1.36. The second kappa shape index (κ2) is 8.49. The molecule has 0 saturated carbocycles. The van der Waals surface area contributed by atoms with Gasteiger partial charge in [0.15, 0.2) is 6.10 Å². The average Bonchev–Trinajstić information content (AvgIpc) is 2.77. The van der Waals surface area contributed by atoms with Crippen molar-refractivity contribution in [2.45, 2.75) is 17.5 Å². The Morgan fingerprint density at radius 2 is 1.67 bits per heavy atom. The van der Waals surface area contributed by atoms with Gasteiger partial charge in [-0.2, -0.15) is 0 Å². The van der Waals surface area contributed by atoms with Gasteiger partial charge in [0.2, 0.25) is 0 Å². The largest absolute Gasteiger partial charge is 0.476 e. The molecule has 0 aromatic heterocycles. The maximum absolute atomic E-state index is 13.3. The van der Waals surface area contributed by atoms with Crippen molar-refractivity contribution in [3.63, 3.8) is 0 Å². The second-order valence-electron chi connectivity index (χ2n) is 6.77. The van der Waals surface area contributed by atoms with Crippen LogP contribution in [0.15, 0.2) is 88.2 Å². The third-order valence-electron chi connectivity index (χ3n) is 4.74. The summed E-state index contributed by atoms with van der Waals surface area (Å²) >= 11 is 3.32. The highest BCUT2D eigenvalue weighted by Crippen LogP contribution is 2.36. The maximum Gasteiger partial charge on any atom is 0.264 e. The van der Waals surface area contributed by atoms with E-state index in [0.29, 0.717) is 18.0 Å². The maximum atomic E-state index is 13.3. The number of benzene rings is 3. The number of hydrogen-bond donors (Lipinski definition) is 1. The Morgan fingerprint density at radius 1 is 1.00 bits per heavy atom. The van der Waals surface area contributed by atoms with Gasteiger partial charge in [-0.3, -0.25) is 9.10 Å². The van der Waals surface area contributed by atoms with E-state index in [1.807, 2.05) is 30.3 Å². The number of nitrogens with one attached hydrogen (secondary N) is 1. The number of carbonyl (C=O) groups is 1. The molecule has 1 atom stereocenters. The molecule has 0 aliphatic carbocycles. The molecular formula is C22H19BrN2O4S. The normalized spacial score (nSPS) is 15.8. The van der Waals surface area contributed by atoms with Crippen LogP contribution < -0.4 is 14.4 Å². The molecule has 3 aromatic carbocycles. The van der Waals surface area contributed by atoms with Gasteiger partial charge in [0.1, 0.15) is 5.75 Å². The van der Waals surface area contributed by atoms with E-state index in [4.69, 9.17) is 4.74 Å². The number of sulfonamides is 1. The number of hydrogen-bond acceptors (Lipinski definition) is 4. The van der Waals surface area contributed by atoms with Gasteiger partial charge in [-0.05, 0) is 42.0 Å². The van der Waals surface area contributed by atoms with Gasteiger partial charge < -0.3 is 10.1 Å². The van der Waals surface area contributed by atoms with E-state index in [2.05, 4.69) is 21.2 Å². The number of halogens is 1. The smallest absolute Gasteiger partial charge is 0.264 e. The van der Waals surface area contributed by atoms with Crippen molar-refractivity contribution in [1.82, 2.24) is 5.32 Å². The van der Waals surface area contributed by atoms with Crippen LogP contribution in [0.1, 0.15) is 5.56 Å². The van der Waals surface area contributed by atoms with Crippen LogP contribution in [0.25, 0.3) is 0 Å². The summed E-state index contributed by atoms with van der Waals surface area (Å²) in [5.74, 6) is -0.0198. The summed E-state index contributed by atoms with van der Waals surface area (Å²) in [5, 5.41) is 2.83. The van der Waals surface area contributed by atoms with E-state index in [-0.39, 0.29) is 17.3 Å². The van der Waals surface area contributed by atoms with Gasteiger partial charge in [-0.25, -0.2) is 8.42 Å². The summed E-state index contributed by atoms with van der Waals surface area (Å²) in [7, 11) is -3.87. The van der Waals surface area contributed by atoms with Crippen LogP contribution in [-0.4, -0.2) is 27.0 Å². The first-order chi connectivity index (χ1) is 14.4. The number of para-hydroxylation sites is 2. The molecule has 8 heteroatoms. The summed E-state index contributed by atoms with van der Waals surface area (Å²) in [6.07, 6.45) is -0.964. The lowest BCUT2D eigenvalue weighted by Gasteiger charge is -2.34. The van der Waals surface area contributed by atoms with E-state index in [0.717, 1.165) is 10.0 Å². The Morgan fingerprint density at radius 3 is 2.40 bits per heavy atom. The minimum absolute atomic E-state index is 0.115. The van der Waals surface area contributed by atoms with Crippen LogP contribution in [0, 0.1) is 0 Å². The van der Waals surface area contributed by atoms with Gasteiger partial charge in [0.05, 0.1) is 17.1 Å². The number of rotatable bonds is 5. The highest BCUT2D eigenvalue weighted by molar-refractivity contribution is 9.10. The first kappa shape index (κ1) is 20.4. The number of nitrogens with zero attached hydrogens (tertiary/aromatic N) is 1. The van der Waals surface area contributed by atoms with Crippen LogP contribution in [0.2, 0.25) is 0 Å². The third kappa shape index (κ3) is 4.20. The number of carbonyl (C=O) groups excluding carboxylic acids is 1. The summed E-state index contributed by atoms with van der Waals surface area (Å²) in [4.78, 5) is 12.9. The monoisotopic (exact) mass is 486 g/mol. The van der Waals surface area contributed by atoms with Crippen LogP contribution >= 0.6 is 15.9 Å². The topological polar surface area (TPSA) is 75.7 Å². The van der Waals surface area contributed by atoms with Crippen molar-refractivity contribution >= 4 is 37.5 Å². The fourth-order valence-electron chi connectivity index (χ4n) is 3.20.